The fourth-order valence-electron chi connectivity index (χ4n) is 9.62. The lowest BCUT2D eigenvalue weighted by Crippen LogP contribution is -2.57. The van der Waals surface area contributed by atoms with E-state index in [-0.39, 0.29) is 23.1 Å². The zero-order valence-electron chi connectivity index (χ0n) is 21.6. The molecule has 4 aliphatic rings. The molecule has 0 spiro atoms. The molecule has 32 heavy (non-hydrogen) atoms. The number of carbonyl (C=O) groups is 2. The Bertz CT molecular complexity index is 705. The Morgan fingerprint density at radius 3 is 2.31 bits per heavy atom. The van der Waals surface area contributed by atoms with Crippen LogP contribution in [0.5, 0.6) is 0 Å². The lowest BCUT2D eigenvalue weighted by molar-refractivity contribution is -0.170. The van der Waals surface area contributed by atoms with E-state index in [1.54, 1.807) is 0 Å². The molecule has 9 atom stereocenters. The highest BCUT2D eigenvalue weighted by molar-refractivity contribution is 6.00. The summed E-state index contributed by atoms with van der Waals surface area (Å²) in [6.07, 6.45) is 13.4. The largest absolute Gasteiger partial charge is 0.468 e. The number of ether oxygens (including phenoxy) is 1. The molecule has 4 rings (SSSR count). The zero-order valence-corrected chi connectivity index (χ0v) is 21.6. The van der Waals surface area contributed by atoms with Gasteiger partial charge in [-0.1, -0.05) is 53.9 Å². The van der Waals surface area contributed by atoms with Gasteiger partial charge in [-0.25, -0.2) is 0 Å². The SMILES string of the molecule is COC(=O)[C@@H]1C(=O)CC[C@@]2(C)[C@H]1CC[C@@H]1[C@@H]2CC[C@]2(C)[C@@H]([C@H](C)CCCC(C)C)CC[C@@H]12. The molecule has 0 aromatic carbocycles. The molecule has 0 aromatic heterocycles. The van der Waals surface area contributed by atoms with Crippen molar-refractivity contribution in [3.63, 3.8) is 0 Å². The van der Waals surface area contributed by atoms with Crippen LogP contribution in [0.2, 0.25) is 0 Å². The van der Waals surface area contributed by atoms with Crippen LogP contribution in [0.25, 0.3) is 0 Å². The van der Waals surface area contributed by atoms with Crippen molar-refractivity contribution in [2.75, 3.05) is 7.11 Å². The van der Waals surface area contributed by atoms with Crippen LogP contribution in [0.4, 0.5) is 0 Å². The first-order valence-electron chi connectivity index (χ1n) is 13.7. The smallest absolute Gasteiger partial charge is 0.316 e. The fourth-order valence-corrected chi connectivity index (χ4v) is 9.62. The standard InChI is InChI=1S/C29H48O3/c1-18(2)8-7-9-19(3)21-12-13-22-20-10-11-24-26(27(31)32-6)25(30)15-17-29(24,5)23(20)14-16-28(21,22)4/h18-24,26H,7-17H2,1-6H3/t19-,20+,21-,22+,23+,24+,26+,28-,29-/m1/s1. The third-order valence-electron chi connectivity index (χ3n) is 11.3. The van der Waals surface area contributed by atoms with E-state index in [4.69, 9.17) is 4.74 Å². The van der Waals surface area contributed by atoms with Gasteiger partial charge in [0, 0.05) is 6.42 Å². The van der Waals surface area contributed by atoms with Crippen molar-refractivity contribution in [1.29, 1.82) is 0 Å². The van der Waals surface area contributed by atoms with Gasteiger partial charge in [-0.2, -0.15) is 0 Å². The average Bonchev–Trinajstić information content (AvgIpc) is 3.10. The topological polar surface area (TPSA) is 43.4 Å². The minimum atomic E-state index is -0.509. The van der Waals surface area contributed by atoms with Crippen LogP contribution < -0.4 is 0 Å². The first kappa shape index (κ1) is 24.3. The van der Waals surface area contributed by atoms with Gasteiger partial charge in [-0.05, 0) is 97.2 Å². The van der Waals surface area contributed by atoms with Crippen molar-refractivity contribution < 1.29 is 14.3 Å². The number of methoxy groups -OCH3 is 1. The minimum Gasteiger partial charge on any atom is -0.468 e. The highest BCUT2D eigenvalue weighted by Gasteiger charge is 2.62. The molecule has 182 valence electrons. The highest BCUT2D eigenvalue weighted by Crippen LogP contribution is 2.68. The molecular formula is C29H48O3. The lowest BCUT2D eigenvalue weighted by atomic mass is 9.43. The van der Waals surface area contributed by atoms with Crippen LogP contribution >= 0.6 is 0 Å². The maximum Gasteiger partial charge on any atom is 0.316 e. The molecule has 4 saturated carbocycles. The van der Waals surface area contributed by atoms with Crippen LogP contribution in [0.15, 0.2) is 0 Å². The van der Waals surface area contributed by atoms with Crippen molar-refractivity contribution in [2.24, 2.45) is 58.2 Å². The molecule has 0 amide bonds. The van der Waals surface area contributed by atoms with Gasteiger partial charge in [0.15, 0.2) is 0 Å². The number of fused-ring (bicyclic) bond motifs is 5. The molecule has 0 aromatic rings. The van der Waals surface area contributed by atoms with Crippen molar-refractivity contribution in [2.45, 2.75) is 105 Å². The molecule has 4 aliphatic carbocycles. The molecule has 0 radical (unpaired) electrons. The van der Waals surface area contributed by atoms with E-state index in [0.717, 1.165) is 42.4 Å². The number of hydrogen-bond acceptors (Lipinski definition) is 3. The summed E-state index contributed by atoms with van der Waals surface area (Å²) in [7, 11) is 1.44. The Hall–Kier alpha value is -0.860. The summed E-state index contributed by atoms with van der Waals surface area (Å²) in [6, 6.07) is 0. The Kier molecular flexibility index (Phi) is 6.87. The lowest BCUT2D eigenvalue weighted by Gasteiger charge is -2.61. The van der Waals surface area contributed by atoms with Crippen molar-refractivity contribution in [3.8, 4) is 0 Å². The van der Waals surface area contributed by atoms with Crippen LogP contribution in [0.3, 0.4) is 0 Å². The average molecular weight is 445 g/mol. The second-order valence-corrected chi connectivity index (χ2v) is 13.1. The summed E-state index contributed by atoms with van der Waals surface area (Å²) in [6.45, 7) is 12.3. The monoisotopic (exact) mass is 444 g/mol. The number of hydrogen-bond donors (Lipinski definition) is 0. The van der Waals surface area contributed by atoms with Gasteiger partial charge in [0.25, 0.3) is 0 Å². The Labute approximate surface area is 196 Å². The molecule has 0 heterocycles. The van der Waals surface area contributed by atoms with Crippen LogP contribution in [-0.2, 0) is 14.3 Å². The summed E-state index contributed by atoms with van der Waals surface area (Å²) in [5.74, 6) is 4.37. The summed E-state index contributed by atoms with van der Waals surface area (Å²) < 4.78 is 5.10. The Morgan fingerprint density at radius 2 is 1.62 bits per heavy atom. The van der Waals surface area contributed by atoms with Gasteiger partial charge < -0.3 is 4.74 Å². The van der Waals surface area contributed by atoms with Crippen LogP contribution in [0.1, 0.15) is 105 Å². The molecule has 0 aliphatic heterocycles. The predicted octanol–water partition coefficient (Wildman–Crippen LogP) is 7.08. The maximum absolute atomic E-state index is 12.7. The molecule has 0 saturated heterocycles. The van der Waals surface area contributed by atoms with Crippen LogP contribution in [-0.4, -0.2) is 18.9 Å². The number of ketones is 1. The third kappa shape index (κ3) is 3.88. The molecule has 3 heteroatoms. The second kappa shape index (κ2) is 9.06. The first-order valence-corrected chi connectivity index (χ1v) is 13.7. The van der Waals surface area contributed by atoms with Gasteiger partial charge in [0.1, 0.15) is 11.7 Å². The fraction of sp³-hybridized carbons (Fsp3) is 0.931. The third-order valence-corrected chi connectivity index (χ3v) is 11.3. The van der Waals surface area contributed by atoms with Gasteiger partial charge in [-0.15, -0.1) is 0 Å². The number of carbonyl (C=O) groups excluding carboxylic acids is 2. The first-order chi connectivity index (χ1) is 15.1. The molecule has 3 nitrogen and oxygen atoms in total. The molecule has 4 fully saturated rings. The van der Waals surface area contributed by atoms with Crippen molar-refractivity contribution in [1.82, 2.24) is 0 Å². The minimum absolute atomic E-state index is 0.123. The maximum atomic E-state index is 12.7. The Balaban J connectivity index is 1.51. The number of rotatable bonds is 6. The van der Waals surface area contributed by atoms with Crippen LogP contribution in [0, 0.1) is 58.2 Å². The Morgan fingerprint density at radius 1 is 0.938 bits per heavy atom. The summed E-state index contributed by atoms with van der Waals surface area (Å²) in [4.78, 5) is 25.3. The van der Waals surface area contributed by atoms with E-state index in [2.05, 4.69) is 34.6 Å². The summed E-state index contributed by atoms with van der Waals surface area (Å²) >= 11 is 0. The second-order valence-electron chi connectivity index (χ2n) is 13.1. The molecule has 0 unspecified atom stereocenters. The van der Waals surface area contributed by atoms with E-state index in [1.165, 1.54) is 58.5 Å². The molecule has 0 N–H and O–H groups in total. The van der Waals surface area contributed by atoms with Gasteiger partial charge in [-0.3, -0.25) is 9.59 Å². The number of Topliss-reactive ketones (excluding diaryl/α,β-unsaturated/α-hetero) is 1. The van der Waals surface area contributed by atoms with E-state index in [1.807, 2.05) is 0 Å². The summed E-state index contributed by atoms with van der Waals surface area (Å²) in [5, 5.41) is 0. The zero-order chi connectivity index (χ0) is 23.3. The van der Waals surface area contributed by atoms with Crippen molar-refractivity contribution in [3.05, 3.63) is 0 Å². The van der Waals surface area contributed by atoms with Crippen molar-refractivity contribution >= 4 is 11.8 Å². The van der Waals surface area contributed by atoms with Gasteiger partial charge in [0.2, 0.25) is 0 Å². The van der Waals surface area contributed by atoms with E-state index >= 15 is 0 Å². The molecule has 0 bridgehead atoms. The number of esters is 1. The molecular weight excluding hydrogens is 396 g/mol. The van der Waals surface area contributed by atoms with E-state index in [9.17, 15) is 9.59 Å². The normalized spacial score (nSPS) is 44.5. The van der Waals surface area contributed by atoms with Gasteiger partial charge >= 0.3 is 5.97 Å². The quantitative estimate of drug-likeness (QED) is 0.325. The summed E-state index contributed by atoms with van der Waals surface area (Å²) in [5.41, 5.74) is 0.617. The highest BCUT2D eigenvalue weighted by atomic mass is 16.5. The van der Waals surface area contributed by atoms with E-state index in [0.29, 0.717) is 17.8 Å². The van der Waals surface area contributed by atoms with E-state index < -0.39 is 5.92 Å². The van der Waals surface area contributed by atoms with Gasteiger partial charge in [0.05, 0.1) is 7.11 Å². The predicted molar refractivity (Wildman–Crippen MR) is 129 cm³/mol.